The van der Waals surface area contributed by atoms with Crippen LogP contribution in [0, 0.1) is 0 Å². The van der Waals surface area contributed by atoms with Crippen LogP contribution in [0.15, 0.2) is 30.3 Å². The van der Waals surface area contributed by atoms with Gasteiger partial charge < -0.3 is 5.11 Å². The summed E-state index contributed by atoms with van der Waals surface area (Å²) in [5.74, 6) is 0. The smallest absolute Gasteiger partial charge is 0.0681 e. The van der Waals surface area contributed by atoms with Crippen LogP contribution in [0.1, 0.15) is 96.5 Å². The molecule has 0 aliphatic carbocycles. The minimum atomic E-state index is 0.140. The predicted molar refractivity (Wildman–Crippen MR) is 99.1 cm³/mol. The standard InChI is InChI=1S/C14H30.C7H8O/c1-3-5-7-9-11-13-14-12-10-8-6-4-2;8-6-7-4-2-1-3-5-7/h3-14H2,1-2H3;1-5,8H,6H2. The van der Waals surface area contributed by atoms with E-state index >= 15 is 0 Å². The second-order valence-electron chi connectivity index (χ2n) is 6.18. The fourth-order valence-electron chi connectivity index (χ4n) is 2.50. The summed E-state index contributed by atoms with van der Waals surface area (Å²) >= 11 is 0. The zero-order chi connectivity index (χ0) is 16.3. The van der Waals surface area contributed by atoms with Gasteiger partial charge in [0.1, 0.15) is 0 Å². The Kier molecular flexibility index (Phi) is 17.6. The van der Waals surface area contributed by atoms with Crippen LogP contribution >= 0.6 is 0 Å². The van der Waals surface area contributed by atoms with Crippen LogP contribution in [-0.4, -0.2) is 5.11 Å². The van der Waals surface area contributed by atoms with E-state index in [1.807, 2.05) is 30.3 Å². The molecule has 1 aromatic rings. The molecule has 0 amide bonds. The summed E-state index contributed by atoms with van der Waals surface area (Å²) in [6.07, 6.45) is 17.4. The largest absolute Gasteiger partial charge is 0.392 e. The summed E-state index contributed by atoms with van der Waals surface area (Å²) in [4.78, 5) is 0. The van der Waals surface area contributed by atoms with Crippen molar-refractivity contribution in [2.45, 2.75) is 97.5 Å². The molecule has 0 aliphatic heterocycles. The lowest BCUT2D eigenvalue weighted by molar-refractivity contribution is 0.282. The number of benzene rings is 1. The van der Waals surface area contributed by atoms with Crippen LogP contribution in [0.3, 0.4) is 0 Å². The summed E-state index contributed by atoms with van der Waals surface area (Å²) < 4.78 is 0. The van der Waals surface area contributed by atoms with Gasteiger partial charge in [-0.25, -0.2) is 0 Å². The second kappa shape index (κ2) is 18.2. The third-order valence-corrected chi connectivity index (χ3v) is 3.98. The van der Waals surface area contributed by atoms with Crippen molar-refractivity contribution in [2.24, 2.45) is 0 Å². The Bertz CT molecular complexity index is 282. The molecule has 1 N–H and O–H groups in total. The molecular formula is C21H38O. The lowest BCUT2D eigenvalue weighted by atomic mass is 10.1. The highest BCUT2D eigenvalue weighted by atomic mass is 16.3. The van der Waals surface area contributed by atoms with Crippen LogP contribution in [0.25, 0.3) is 0 Å². The topological polar surface area (TPSA) is 20.2 Å². The molecule has 1 nitrogen and oxygen atoms in total. The first-order valence-corrected chi connectivity index (χ1v) is 9.49. The minimum absolute atomic E-state index is 0.140. The first-order valence-electron chi connectivity index (χ1n) is 9.49. The van der Waals surface area contributed by atoms with Gasteiger partial charge in [-0.05, 0) is 5.56 Å². The zero-order valence-corrected chi connectivity index (χ0v) is 15.0. The van der Waals surface area contributed by atoms with Gasteiger partial charge in [0, 0.05) is 0 Å². The van der Waals surface area contributed by atoms with Gasteiger partial charge in [0.2, 0.25) is 0 Å². The summed E-state index contributed by atoms with van der Waals surface area (Å²) in [5.41, 5.74) is 0.965. The van der Waals surface area contributed by atoms with Gasteiger partial charge in [-0.1, -0.05) is 121 Å². The Balaban J connectivity index is 0.000000461. The number of unbranched alkanes of at least 4 members (excludes halogenated alkanes) is 11. The number of hydrogen-bond acceptors (Lipinski definition) is 1. The molecule has 128 valence electrons. The quantitative estimate of drug-likeness (QED) is 0.417. The molecule has 0 saturated heterocycles. The zero-order valence-electron chi connectivity index (χ0n) is 15.0. The highest BCUT2D eigenvalue weighted by Gasteiger charge is 1.91. The monoisotopic (exact) mass is 306 g/mol. The SMILES string of the molecule is CCCCCCCCCCCCCC.OCc1ccccc1. The third kappa shape index (κ3) is 15.6. The molecule has 0 heterocycles. The van der Waals surface area contributed by atoms with Crippen molar-refractivity contribution < 1.29 is 5.11 Å². The van der Waals surface area contributed by atoms with E-state index in [2.05, 4.69) is 13.8 Å². The Morgan fingerprint density at radius 2 is 0.955 bits per heavy atom. The first kappa shape index (κ1) is 21.2. The van der Waals surface area contributed by atoms with E-state index in [-0.39, 0.29) is 6.61 Å². The molecule has 1 heteroatoms. The molecule has 0 atom stereocenters. The van der Waals surface area contributed by atoms with Gasteiger partial charge in [0.05, 0.1) is 6.61 Å². The van der Waals surface area contributed by atoms with Gasteiger partial charge in [0.25, 0.3) is 0 Å². The maximum Gasteiger partial charge on any atom is 0.0681 e. The van der Waals surface area contributed by atoms with Crippen LogP contribution in [0.2, 0.25) is 0 Å². The lowest BCUT2D eigenvalue weighted by Gasteiger charge is -2.01. The maximum atomic E-state index is 8.54. The van der Waals surface area contributed by atoms with Crippen LogP contribution in [0.4, 0.5) is 0 Å². The van der Waals surface area contributed by atoms with Crippen molar-refractivity contribution >= 4 is 0 Å². The van der Waals surface area contributed by atoms with Crippen LogP contribution < -0.4 is 0 Å². The molecule has 0 spiro atoms. The van der Waals surface area contributed by atoms with E-state index in [0.29, 0.717) is 0 Å². The normalized spacial score (nSPS) is 10.1. The summed E-state index contributed by atoms with van der Waals surface area (Å²) in [6.45, 7) is 4.71. The Morgan fingerprint density at radius 3 is 1.23 bits per heavy atom. The second-order valence-corrected chi connectivity index (χ2v) is 6.18. The minimum Gasteiger partial charge on any atom is -0.392 e. The fraction of sp³-hybridized carbons (Fsp3) is 0.714. The molecule has 0 bridgehead atoms. The Hall–Kier alpha value is -0.820. The highest BCUT2D eigenvalue weighted by Crippen LogP contribution is 2.11. The Labute approximate surface area is 139 Å². The van der Waals surface area contributed by atoms with Gasteiger partial charge >= 0.3 is 0 Å². The lowest BCUT2D eigenvalue weighted by Crippen LogP contribution is -1.81. The van der Waals surface area contributed by atoms with Gasteiger partial charge in [-0.15, -0.1) is 0 Å². The van der Waals surface area contributed by atoms with E-state index in [1.54, 1.807) is 0 Å². The Morgan fingerprint density at radius 1 is 0.591 bits per heavy atom. The van der Waals surface area contributed by atoms with E-state index < -0.39 is 0 Å². The molecule has 0 radical (unpaired) electrons. The first-order chi connectivity index (χ1) is 10.8. The highest BCUT2D eigenvalue weighted by molar-refractivity contribution is 5.12. The van der Waals surface area contributed by atoms with Crippen molar-refractivity contribution in [2.75, 3.05) is 0 Å². The van der Waals surface area contributed by atoms with Crippen LogP contribution in [0.5, 0.6) is 0 Å². The van der Waals surface area contributed by atoms with Gasteiger partial charge in [-0.2, -0.15) is 0 Å². The maximum absolute atomic E-state index is 8.54. The molecule has 0 aliphatic rings. The average molecular weight is 307 g/mol. The van der Waals surface area contributed by atoms with E-state index in [4.69, 9.17) is 5.11 Å². The summed E-state index contributed by atoms with van der Waals surface area (Å²) in [6, 6.07) is 9.52. The van der Waals surface area contributed by atoms with Crippen molar-refractivity contribution in [3.63, 3.8) is 0 Å². The van der Waals surface area contributed by atoms with E-state index in [1.165, 1.54) is 77.0 Å². The third-order valence-electron chi connectivity index (χ3n) is 3.98. The van der Waals surface area contributed by atoms with Crippen molar-refractivity contribution in [1.82, 2.24) is 0 Å². The van der Waals surface area contributed by atoms with E-state index in [9.17, 15) is 0 Å². The number of hydrogen-bond donors (Lipinski definition) is 1. The van der Waals surface area contributed by atoms with Crippen molar-refractivity contribution in [1.29, 1.82) is 0 Å². The molecule has 1 aromatic carbocycles. The molecule has 0 unspecified atom stereocenters. The molecule has 0 fully saturated rings. The number of rotatable bonds is 12. The fourth-order valence-corrected chi connectivity index (χ4v) is 2.50. The number of aliphatic hydroxyl groups is 1. The summed E-state index contributed by atoms with van der Waals surface area (Å²) in [7, 11) is 0. The van der Waals surface area contributed by atoms with E-state index in [0.717, 1.165) is 5.56 Å². The summed E-state index contributed by atoms with van der Waals surface area (Å²) in [5, 5.41) is 8.54. The number of aliphatic hydroxyl groups excluding tert-OH is 1. The molecule has 0 aromatic heterocycles. The molecule has 1 rings (SSSR count). The van der Waals surface area contributed by atoms with Gasteiger partial charge in [0.15, 0.2) is 0 Å². The molecule has 22 heavy (non-hydrogen) atoms. The van der Waals surface area contributed by atoms with Crippen molar-refractivity contribution in [3.05, 3.63) is 35.9 Å². The average Bonchev–Trinajstić information content (AvgIpc) is 2.58. The van der Waals surface area contributed by atoms with Crippen LogP contribution in [-0.2, 0) is 6.61 Å². The van der Waals surface area contributed by atoms with Gasteiger partial charge in [-0.3, -0.25) is 0 Å². The molecular weight excluding hydrogens is 268 g/mol. The van der Waals surface area contributed by atoms with Crippen molar-refractivity contribution in [3.8, 4) is 0 Å². The predicted octanol–water partition coefficient (Wildman–Crippen LogP) is 6.89. The molecule has 0 saturated carbocycles.